The minimum Gasteiger partial charge on any atom is -0.296 e. The van der Waals surface area contributed by atoms with Crippen molar-refractivity contribution in [1.82, 2.24) is 14.8 Å². The van der Waals surface area contributed by atoms with Gasteiger partial charge in [-0.05, 0) is 43.2 Å². The number of hydrogen-bond donors (Lipinski definition) is 1. The molecule has 0 saturated heterocycles. The molecule has 0 bridgehead atoms. The Morgan fingerprint density at radius 3 is 2.86 bits per heavy atom. The maximum absolute atomic E-state index is 12.6. The lowest BCUT2D eigenvalue weighted by molar-refractivity contribution is 0.101. The van der Waals surface area contributed by atoms with Crippen LogP contribution in [0, 0.1) is 0 Å². The SMILES string of the molecule is CCCn1nc(C(=O)Nc2nc3c(s2)CC(c2ccccc2)CC3)ccc1=O. The third-order valence-electron chi connectivity index (χ3n) is 4.97. The first kappa shape index (κ1) is 18.6. The van der Waals surface area contributed by atoms with E-state index in [9.17, 15) is 9.59 Å². The number of anilines is 1. The van der Waals surface area contributed by atoms with Crippen molar-refractivity contribution in [2.45, 2.75) is 45.1 Å². The van der Waals surface area contributed by atoms with Gasteiger partial charge in [0.1, 0.15) is 5.69 Å². The summed E-state index contributed by atoms with van der Waals surface area (Å²) in [5.41, 5.74) is 2.46. The fraction of sp³-hybridized carbons (Fsp3) is 0.333. The molecule has 1 aliphatic rings. The average Bonchev–Trinajstić information content (AvgIpc) is 3.11. The van der Waals surface area contributed by atoms with Crippen molar-refractivity contribution in [3.63, 3.8) is 0 Å². The van der Waals surface area contributed by atoms with Gasteiger partial charge >= 0.3 is 0 Å². The van der Waals surface area contributed by atoms with Crippen LogP contribution < -0.4 is 10.9 Å². The number of nitrogens with one attached hydrogen (secondary N) is 1. The Bertz CT molecular complexity index is 1040. The first-order chi connectivity index (χ1) is 13.6. The van der Waals surface area contributed by atoms with Gasteiger partial charge in [-0.15, -0.1) is 11.3 Å². The molecule has 3 aromatic rings. The number of amides is 1. The van der Waals surface area contributed by atoms with Crippen LogP contribution >= 0.6 is 11.3 Å². The summed E-state index contributed by atoms with van der Waals surface area (Å²) in [5.74, 6) is 0.160. The average molecular weight is 395 g/mol. The van der Waals surface area contributed by atoms with Gasteiger partial charge in [0.05, 0.1) is 5.69 Å². The Balaban J connectivity index is 1.49. The van der Waals surface area contributed by atoms with E-state index in [0.717, 1.165) is 31.4 Å². The third-order valence-corrected chi connectivity index (χ3v) is 6.00. The van der Waals surface area contributed by atoms with Crippen LogP contribution in [0.15, 0.2) is 47.3 Å². The topological polar surface area (TPSA) is 76.9 Å². The van der Waals surface area contributed by atoms with Gasteiger partial charge in [0.15, 0.2) is 5.13 Å². The highest BCUT2D eigenvalue weighted by atomic mass is 32.1. The lowest BCUT2D eigenvalue weighted by Gasteiger charge is -2.21. The number of fused-ring (bicyclic) bond motifs is 1. The molecule has 2 heterocycles. The Morgan fingerprint density at radius 2 is 2.07 bits per heavy atom. The van der Waals surface area contributed by atoms with Gasteiger partial charge in [0.2, 0.25) is 0 Å². The van der Waals surface area contributed by atoms with Gasteiger partial charge in [0.25, 0.3) is 11.5 Å². The molecule has 2 aromatic heterocycles. The summed E-state index contributed by atoms with van der Waals surface area (Å²) in [6.07, 6.45) is 3.71. The monoisotopic (exact) mass is 394 g/mol. The molecule has 1 aliphatic carbocycles. The molecule has 1 unspecified atom stereocenters. The van der Waals surface area contributed by atoms with Gasteiger partial charge in [-0.3, -0.25) is 14.9 Å². The maximum atomic E-state index is 12.6. The lowest BCUT2D eigenvalue weighted by Crippen LogP contribution is -2.26. The second kappa shape index (κ2) is 8.06. The first-order valence-corrected chi connectivity index (χ1v) is 10.4. The molecule has 0 radical (unpaired) electrons. The number of benzene rings is 1. The van der Waals surface area contributed by atoms with Gasteiger partial charge in [-0.1, -0.05) is 37.3 Å². The molecule has 1 atom stereocenters. The molecule has 0 aliphatic heterocycles. The van der Waals surface area contributed by atoms with E-state index in [1.54, 1.807) is 0 Å². The fourth-order valence-electron chi connectivity index (χ4n) is 3.54. The van der Waals surface area contributed by atoms with Crippen molar-refractivity contribution in [3.8, 4) is 0 Å². The highest BCUT2D eigenvalue weighted by molar-refractivity contribution is 7.15. The van der Waals surface area contributed by atoms with Crippen molar-refractivity contribution < 1.29 is 4.79 Å². The van der Waals surface area contributed by atoms with Crippen LogP contribution in [0.1, 0.15) is 52.3 Å². The summed E-state index contributed by atoms with van der Waals surface area (Å²) < 4.78 is 1.33. The maximum Gasteiger partial charge on any atom is 0.277 e. The van der Waals surface area contributed by atoms with E-state index in [0.29, 0.717) is 17.6 Å². The van der Waals surface area contributed by atoms with Gasteiger partial charge in [0, 0.05) is 17.5 Å². The van der Waals surface area contributed by atoms with Crippen LogP contribution in [0.4, 0.5) is 5.13 Å². The van der Waals surface area contributed by atoms with Crippen molar-refractivity contribution >= 4 is 22.4 Å². The summed E-state index contributed by atoms with van der Waals surface area (Å²) in [4.78, 5) is 30.2. The smallest absolute Gasteiger partial charge is 0.277 e. The number of thiazole rings is 1. The zero-order valence-corrected chi connectivity index (χ0v) is 16.5. The van der Waals surface area contributed by atoms with E-state index in [4.69, 9.17) is 0 Å². The Morgan fingerprint density at radius 1 is 1.25 bits per heavy atom. The number of aromatic nitrogens is 3. The zero-order chi connectivity index (χ0) is 19.5. The fourth-order valence-corrected chi connectivity index (χ4v) is 4.62. The highest BCUT2D eigenvalue weighted by Crippen LogP contribution is 2.36. The lowest BCUT2D eigenvalue weighted by atomic mass is 9.85. The molecule has 0 spiro atoms. The summed E-state index contributed by atoms with van der Waals surface area (Å²) >= 11 is 1.53. The Hall–Kier alpha value is -2.80. The molecule has 1 aromatic carbocycles. The predicted molar refractivity (Wildman–Crippen MR) is 110 cm³/mol. The van der Waals surface area contributed by atoms with E-state index in [1.807, 2.05) is 13.0 Å². The number of rotatable bonds is 5. The minimum absolute atomic E-state index is 0.199. The van der Waals surface area contributed by atoms with Gasteiger partial charge in [-0.25, -0.2) is 9.67 Å². The van der Waals surface area contributed by atoms with Crippen molar-refractivity contribution in [2.75, 3.05) is 5.32 Å². The molecule has 4 rings (SSSR count). The van der Waals surface area contributed by atoms with Gasteiger partial charge in [-0.2, -0.15) is 5.10 Å². The molecular formula is C21H22N4O2S. The summed E-state index contributed by atoms with van der Waals surface area (Å²) in [7, 11) is 0. The van der Waals surface area contributed by atoms with Crippen LogP contribution in [0.25, 0.3) is 0 Å². The van der Waals surface area contributed by atoms with Crippen molar-refractivity contribution in [3.05, 3.63) is 74.6 Å². The number of aryl methyl sites for hydroxylation is 2. The second-order valence-electron chi connectivity index (χ2n) is 6.97. The second-order valence-corrected chi connectivity index (χ2v) is 8.06. The van der Waals surface area contributed by atoms with E-state index < -0.39 is 0 Å². The van der Waals surface area contributed by atoms with Crippen LogP contribution in [0.3, 0.4) is 0 Å². The molecule has 1 N–H and O–H groups in total. The number of carbonyl (C=O) groups excluding carboxylic acids is 1. The van der Waals surface area contributed by atoms with E-state index >= 15 is 0 Å². The molecule has 28 heavy (non-hydrogen) atoms. The van der Waals surface area contributed by atoms with E-state index in [1.165, 1.54) is 38.6 Å². The van der Waals surface area contributed by atoms with Crippen molar-refractivity contribution in [2.24, 2.45) is 0 Å². The van der Waals surface area contributed by atoms with Crippen LogP contribution in [0.5, 0.6) is 0 Å². The molecule has 6 nitrogen and oxygen atoms in total. The Labute approximate surface area is 167 Å². The number of carbonyl (C=O) groups is 1. The number of nitrogens with zero attached hydrogens (tertiary/aromatic N) is 3. The molecule has 144 valence electrons. The van der Waals surface area contributed by atoms with Crippen LogP contribution in [-0.2, 0) is 19.4 Å². The summed E-state index contributed by atoms with van der Waals surface area (Å²) in [6, 6.07) is 13.4. The first-order valence-electron chi connectivity index (χ1n) is 9.57. The van der Waals surface area contributed by atoms with Crippen molar-refractivity contribution in [1.29, 1.82) is 0 Å². The van der Waals surface area contributed by atoms with Crippen LogP contribution in [-0.4, -0.2) is 20.7 Å². The molecule has 1 amide bonds. The van der Waals surface area contributed by atoms with Gasteiger partial charge < -0.3 is 0 Å². The van der Waals surface area contributed by atoms with Crippen LogP contribution in [0.2, 0.25) is 0 Å². The third kappa shape index (κ3) is 3.89. The number of hydrogen-bond acceptors (Lipinski definition) is 5. The standard InChI is InChI=1S/C21H22N4O2S/c1-2-12-25-19(26)11-10-17(24-25)20(27)23-21-22-16-9-8-15(13-18(16)28-21)14-6-4-3-5-7-14/h3-7,10-11,15H,2,8-9,12-13H2,1H3,(H,22,23,27). The summed E-state index contributed by atoms with van der Waals surface area (Å²) in [5, 5.41) is 7.61. The van der Waals surface area contributed by atoms with E-state index in [2.05, 4.69) is 39.7 Å². The molecule has 7 heteroatoms. The quantitative estimate of drug-likeness (QED) is 0.717. The normalized spacial score (nSPS) is 15.8. The largest absolute Gasteiger partial charge is 0.296 e. The Kier molecular flexibility index (Phi) is 5.34. The highest BCUT2D eigenvalue weighted by Gasteiger charge is 2.24. The zero-order valence-electron chi connectivity index (χ0n) is 15.7. The molecule has 0 fully saturated rings. The molecular weight excluding hydrogens is 372 g/mol. The molecule has 0 saturated carbocycles. The minimum atomic E-state index is -0.337. The summed E-state index contributed by atoms with van der Waals surface area (Å²) in [6.45, 7) is 2.45. The predicted octanol–water partition coefficient (Wildman–Crippen LogP) is 3.63. The van der Waals surface area contributed by atoms with E-state index in [-0.39, 0.29) is 17.2 Å².